The number of alkyl carbamates (subject to hydrolysis) is 1. The molecule has 0 aliphatic heterocycles. The Bertz CT molecular complexity index is 665. The molecule has 0 radical (unpaired) electrons. The summed E-state index contributed by atoms with van der Waals surface area (Å²) in [6, 6.07) is 15.8. The molecule has 0 bridgehead atoms. The second-order valence-electron chi connectivity index (χ2n) is 5.39. The lowest BCUT2D eigenvalue weighted by Crippen LogP contribution is -2.34. The minimum Gasteiger partial charge on any atom is -0.449 e. The van der Waals surface area contributed by atoms with Crippen LogP contribution in [0.1, 0.15) is 24.0 Å². The maximum absolute atomic E-state index is 11.7. The van der Waals surface area contributed by atoms with E-state index in [0.717, 1.165) is 0 Å². The molecule has 4 nitrogen and oxygen atoms in total. The van der Waals surface area contributed by atoms with Crippen molar-refractivity contribution in [3.8, 4) is 11.1 Å². The van der Waals surface area contributed by atoms with Crippen LogP contribution in [0.25, 0.3) is 11.1 Å². The van der Waals surface area contributed by atoms with Gasteiger partial charge in [-0.15, -0.1) is 0 Å². The van der Waals surface area contributed by atoms with E-state index < -0.39 is 12.1 Å². The summed E-state index contributed by atoms with van der Waals surface area (Å²) in [5, 5.41) is 2.47. The van der Waals surface area contributed by atoms with E-state index in [1.807, 2.05) is 24.3 Å². The first-order chi connectivity index (χ1) is 10.7. The van der Waals surface area contributed by atoms with Crippen LogP contribution >= 0.6 is 0 Å². The Hall–Kier alpha value is -2.62. The van der Waals surface area contributed by atoms with E-state index in [0.29, 0.717) is 6.29 Å². The Morgan fingerprint density at radius 3 is 2.23 bits per heavy atom. The molecule has 1 atom stereocenters. The second kappa shape index (κ2) is 6.02. The fourth-order valence-electron chi connectivity index (χ4n) is 2.86. The van der Waals surface area contributed by atoms with Gasteiger partial charge in [0.25, 0.3) is 0 Å². The van der Waals surface area contributed by atoms with Crippen molar-refractivity contribution in [1.82, 2.24) is 5.32 Å². The SMILES string of the molecule is CC(C=O)NC(=O)OCC1c2ccccc2-c2ccccc21. The Morgan fingerprint density at radius 1 is 1.14 bits per heavy atom. The molecule has 22 heavy (non-hydrogen) atoms. The molecule has 0 fully saturated rings. The van der Waals surface area contributed by atoms with Crippen LogP contribution in [0.5, 0.6) is 0 Å². The van der Waals surface area contributed by atoms with E-state index in [-0.39, 0.29) is 12.5 Å². The van der Waals surface area contributed by atoms with Gasteiger partial charge in [-0.2, -0.15) is 0 Å². The van der Waals surface area contributed by atoms with Gasteiger partial charge in [0.05, 0.1) is 6.04 Å². The van der Waals surface area contributed by atoms with Gasteiger partial charge in [-0.3, -0.25) is 0 Å². The average Bonchev–Trinajstić information content (AvgIpc) is 2.87. The second-order valence-corrected chi connectivity index (χ2v) is 5.39. The molecule has 112 valence electrons. The molecule has 2 aromatic rings. The van der Waals surface area contributed by atoms with Gasteiger partial charge < -0.3 is 14.8 Å². The fourth-order valence-corrected chi connectivity index (χ4v) is 2.86. The molecule has 0 saturated heterocycles. The lowest BCUT2D eigenvalue weighted by atomic mass is 9.98. The zero-order chi connectivity index (χ0) is 15.5. The van der Waals surface area contributed by atoms with E-state index in [9.17, 15) is 9.59 Å². The quantitative estimate of drug-likeness (QED) is 0.882. The highest BCUT2D eigenvalue weighted by Gasteiger charge is 2.29. The standard InChI is InChI=1S/C18H17NO3/c1-12(10-20)19-18(21)22-11-17-15-8-4-2-6-13(15)14-7-3-5-9-16(14)17/h2-10,12,17H,11H2,1H3,(H,19,21). The van der Waals surface area contributed by atoms with Crippen molar-refractivity contribution in [2.45, 2.75) is 18.9 Å². The van der Waals surface area contributed by atoms with Crippen LogP contribution in [-0.2, 0) is 9.53 Å². The molecule has 0 saturated carbocycles. The number of amides is 1. The molecular formula is C18H17NO3. The van der Waals surface area contributed by atoms with Gasteiger partial charge in [-0.25, -0.2) is 4.79 Å². The van der Waals surface area contributed by atoms with Crippen molar-refractivity contribution in [2.24, 2.45) is 0 Å². The molecule has 0 heterocycles. The minimum absolute atomic E-state index is 0.0321. The van der Waals surface area contributed by atoms with Gasteiger partial charge in [0.1, 0.15) is 12.9 Å². The number of nitrogens with one attached hydrogen (secondary N) is 1. The van der Waals surface area contributed by atoms with Gasteiger partial charge in [-0.1, -0.05) is 48.5 Å². The van der Waals surface area contributed by atoms with Crippen molar-refractivity contribution in [2.75, 3.05) is 6.61 Å². The molecule has 0 aromatic heterocycles. The molecule has 1 aliphatic rings. The fraction of sp³-hybridized carbons (Fsp3) is 0.222. The van der Waals surface area contributed by atoms with E-state index in [2.05, 4.69) is 29.6 Å². The van der Waals surface area contributed by atoms with Crippen LogP contribution in [-0.4, -0.2) is 25.0 Å². The third-order valence-electron chi connectivity index (χ3n) is 3.89. The van der Waals surface area contributed by atoms with Crippen LogP contribution < -0.4 is 5.32 Å². The Morgan fingerprint density at radius 2 is 1.68 bits per heavy atom. The number of carbonyl (C=O) groups is 2. The zero-order valence-electron chi connectivity index (χ0n) is 12.3. The first kappa shape index (κ1) is 14.3. The zero-order valence-corrected chi connectivity index (χ0v) is 12.3. The lowest BCUT2D eigenvalue weighted by molar-refractivity contribution is -0.109. The number of aldehydes is 1. The maximum Gasteiger partial charge on any atom is 0.407 e. The number of fused-ring (bicyclic) bond motifs is 3. The first-order valence-electron chi connectivity index (χ1n) is 7.27. The molecule has 1 unspecified atom stereocenters. The summed E-state index contributed by atoms with van der Waals surface area (Å²) in [4.78, 5) is 22.3. The normalized spacial score (nSPS) is 13.9. The highest BCUT2D eigenvalue weighted by molar-refractivity contribution is 5.79. The number of benzene rings is 2. The minimum atomic E-state index is -0.568. The van der Waals surface area contributed by atoms with Crippen molar-refractivity contribution >= 4 is 12.4 Å². The summed E-state index contributed by atoms with van der Waals surface area (Å²) in [6.07, 6.45) is 0.1000. The van der Waals surface area contributed by atoms with Gasteiger partial charge in [0.2, 0.25) is 0 Å². The van der Waals surface area contributed by atoms with Gasteiger partial charge >= 0.3 is 6.09 Å². The van der Waals surface area contributed by atoms with Gasteiger partial charge in [-0.05, 0) is 29.2 Å². The molecule has 1 amide bonds. The van der Waals surface area contributed by atoms with E-state index in [4.69, 9.17) is 4.74 Å². The summed E-state index contributed by atoms with van der Waals surface area (Å²) in [7, 11) is 0. The summed E-state index contributed by atoms with van der Waals surface area (Å²) >= 11 is 0. The topological polar surface area (TPSA) is 55.4 Å². The van der Waals surface area contributed by atoms with Crippen LogP contribution in [0, 0.1) is 0 Å². The van der Waals surface area contributed by atoms with Crippen LogP contribution in [0.15, 0.2) is 48.5 Å². The monoisotopic (exact) mass is 295 g/mol. The van der Waals surface area contributed by atoms with Crippen LogP contribution in [0.4, 0.5) is 4.79 Å². The van der Waals surface area contributed by atoms with Crippen molar-refractivity contribution < 1.29 is 14.3 Å². The number of rotatable bonds is 4. The Labute approximate surface area is 129 Å². The van der Waals surface area contributed by atoms with E-state index in [1.165, 1.54) is 22.3 Å². The highest BCUT2D eigenvalue weighted by Crippen LogP contribution is 2.44. The third kappa shape index (κ3) is 2.60. The number of hydrogen-bond acceptors (Lipinski definition) is 3. The number of ether oxygens (including phenoxy) is 1. The molecule has 0 spiro atoms. The molecule has 1 N–H and O–H groups in total. The van der Waals surface area contributed by atoms with Crippen molar-refractivity contribution in [3.63, 3.8) is 0 Å². The third-order valence-corrected chi connectivity index (χ3v) is 3.89. The lowest BCUT2D eigenvalue weighted by Gasteiger charge is -2.15. The van der Waals surface area contributed by atoms with Crippen LogP contribution in [0.2, 0.25) is 0 Å². The number of carbonyl (C=O) groups excluding carboxylic acids is 2. The Kier molecular flexibility index (Phi) is 3.92. The smallest absolute Gasteiger partial charge is 0.407 e. The van der Waals surface area contributed by atoms with E-state index >= 15 is 0 Å². The predicted molar refractivity (Wildman–Crippen MR) is 83.7 cm³/mol. The highest BCUT2D eigenvalue weighted by atomic mass is 16.5. The molecule has 2 aromatic carbocycles. The molecule has 1 aliphatic carbocycles. The Balaban J connectivity index is 1.79. The average molecular weight is 295 g/mol. The summed E-state index contributed by atoms with van der Waals surface area (Å²) < 4.78 is 5.30. The van der Waals surface area contributed by atoms with Gasteiger partial charge in [0.15, 0.2) is 0 Å². The van der Waals surface area contributed by atoms with Crippen LogP contribution in [0.3, 0.4) is 0 Å². The van der Waals surface area contributed by atoms with Crippen molar-refractivity contribution in [1.29, 1.82) is 0 Å². The molecular weight excluding hydrogens is 278 g/mol. The molecule has 3 rings (SSSR count). The predicted octanol–water partition coefficient (Wildman–Crippen LogP) is 3.11. The van der Waals surface area contributed by atoms with Crippen molar-refractivity contribution in [3.05, 3.63) is 59.7 Å². The molecule has 4 heteroatoms. The largest absolute Gasteiger partial charge is 0.449 e. The number of hydrogen-bond donors (Lipinski definition) is 1. The summed E-state index contributed by atoms with van der Waals surface area (Å²) in [5.41, 5.74) is 4.71. The first-order valence-corrected chi connectivity index (χ1v) is 7.27. The van der Waals surface area contributed by atoms with Gasteiger partial charge in [0, 0.05) is 5.92 Å². The maximum atomic E-state index is 11.7. The summed E-state index contributed by atoms with van der Waals surface area (Å²) in [5.74, 6) is 0.0321. The van der Waals surface area contributed by atoms with E-state index in [1.54, 1.807) is 6.92 Å². The summed E-state index contributed by atoms with van der Waals surface area (Å²) in [6.45, 7) is 1.86.